The maximum absolute atomic E-state index is 12.8. The van der Waals surface area contributed by atoms with Gasteiger partial charge in [0.2, 0.25) is 11.8 Å². The number of hydrogen-bond acceptors (Lipinski definition) is 6. The van der Waals surface area contributed by atoms with Gasteiger partial charge in [-0.05, 0) is 37.3 Å². The van der Waals surface area contributed by atoms with Crippen LogP contribution in [0.3, 0.4) is 0 Å². The fourth-order valence-corrected chi connectivity index (χ4v) is 4.57. The average Bonchev–Trinajstić information content (AvgIpc) is 2.99. The quantitative estimate of drug-likeness (QED) is 0.724. The van der Waals surface area contributed by atoms with Gasteiger partial charge in [0.15, 0.2) is 0 Å². The maximum Gasteiger partial charge on any atom is 0.256 e. The van der Waals surface area contributed by atoms with Gasteiger partial charge in [-0.3, -0.25) is 24.7 Å². The summed E-state index contributed by atoms with van der Waals surface area (Å²) in [4.78, 5) is 44.8. The van der Waals surface area contributed by atoms with Crippen molar-refractivity contribution in [3.8, 4) is 0 Å². The van der Waals surface area contributed by atoms with E-state index in [1.165, 1.54) is 4.90 Å². The Morgan fingerprint density at radius 3 is 2.62 bits per heavy atom. The van der Waals surface area contributed by atoms with Crippen molar-refractivity contribution in [1.29, 1.82) is 0 Å². The second-order valence-electron chi connectivity index (χ2n) is 8.82. The fourth-order valence-electron chi connectivity index (χ4n) is 4.57. The van der Waals surface area contributed by atoms with Gasteiger partial charge in [-0.25, -0.2) is 0 Å². The number of nitrogens with one attached hydrogen (secondary N) is 1. The molecule has 1 atom stereocenters. The van der Waals surface area contributed by atoms with Gasteiger partial charge in [-0.2, -0.15) is 0 Å². The Kier molecular flexibility index (Phi) is 5.16. The lowest BCUT2D eigenvalue weighted by atomic mass is 9.87. The zero-order valence-corrected chi connectivity index (χ0v) is 17.0. The lowest BCUT2D eigenvalue weighted by Crippen LogP contribution is -2.52. The minimum Gasteiger partial charge on any atom is -0.383 e. The number of pyridine rings is 1. The SMILES string of the molecule is CC(C)CN1CCC(O)(c2ccc3c(n2)CN(C2CCC(=O)NC2=O)C3=O)CC1. The van der Waals surface area contributed by atoms with Crippen LogP contribution in [0.15, 0.2) is 12.1 Å². The Hall–Kier alpha value is -2.32. The number of hydrogen-bond donors (Lipinski definition) is 2. The van der Waals surface area contributed by atoms with Gasteiger partial charge >= 0.3 is 0 Å². The van der Waals surface area contributed by atoms with Gasteiger partial charge in [0, 0.05) is 26.1 Å². The molecule has 0 saturated carbocycles. The number of nitrogens with zero attached hydrogens (tertiary/aromatic N) is 3. The summed E-state index contributed by atoms with van der Waals surface area (Å²) in [5.41, 5.74) is 0.668. The molecule has 156 valence electrons. The van der Waals surface area contributed by atoms with E-state index in [4.69, 9.17) is 0 Å². The van der Waals surface area contributed by atoms with E-state index in [9.17, 15) is 19.5 Å². The van der Waals surface area contributed by atoms with Crippen LogP contribution in [0.25, 0.3) is 0 Å². The zero-order chi connectivity index (χ0) is 20.8. The van der Waals surface area contributed by atoms with Gasteiger partial charge in [0.25, 0.3) is 5.91 Å². The number of imide groups is 1. The van der Waals surface area contributed by atoms with Crippen LogP contribution in [0.2, 0.25) is 0 Å². The van der Waals surface area contributed by atoms with E-state index < -0.39 is 17.6 Å². The fraction of sp³-hybridized carbons (Fsp3) is 0.619. The molecule has 4 rings (SSSR count). The summed E-state index contributed by atoms with van der Waals surface area (Å²) in [6, 6.07) is 2.80. The summed E-state index contributed by atoms with van der Waals surface area (Å²) < 4.78 is 0. The first-order valence-corrected chi connectivity index (χ1v) is 10.4. The van der Waals surface area contributed by atoms with E-state index in [2.05, 4.69) is 29.0 Å². The minimum absolute atomic E-state index is 0.224. The Bertz CT molecular complexity index is 845. The highest BCUT2D eigenvalue weighted by atomic mass is 16.3. The first-order valence-electron chi connectivity index (χ1n) is 10.4. The lowest BCUT2D eigenvalue weighted by molar-refractivity contribution is -0.136. The molecular formula is C21H28N4O4. The molecule has 4 heterocycles. The highest BCUT2D eigenvalue weighted by Gasteiger charge is 2.41. The standard InChI is InChI=1S/C21H28N4O4/c1-13(2)11-24-9-7-21(29,8-10-24)17-5-3-14-15(22-17)12-25(20(14)28)16-4-6-18(26)23-19(16)27/h3,5,13,16,29H,4,6-12H2,1-2H3,(H,23,26,27). The first-order chi connectivity index (χ1) is 13.8. The number of carbonyl (C=O) groups is 3. The smallest absolute Gasteiger partial charge is 0.256 e. The van der Waals surface area contributed by atoms with Crippen molar-refractivity contribution < 1.29 is 19.5 Å². The lowest BCUT2D eigenvalue weighted by Gasteiger charge is -2.38. The molecule has 3 aliphatic heterocycles. The van der Waals surface area contributed by atoms with E-state index in [1.54, 1.807) is 12.1 Å². The van der Waals surface area contributed by atoms with Crippen LogP contribution in [0.1, 0.15) is 61.3 Å². The molecule has 29 heavy (non-hydrogen) atoms. The number of piperidine rings is 2. The molecule has 3 amide bonds. The van der Waals surface area contributed by atoms with E-state index in [1.807, 2.05) is 0 Å². The van der Waals surface area contributed by atoms with Crippen molar-refractivity contribution in [1.82, 2.24) is 20.1 Å². The first kappa shape index (κ1) is 20.0. The number of aromatic nitrogens is 1. The van der Waals surface area contributed by atoms with Crippen LogP contribution >= 0.6 is 0 Å². The predicted octanol–water partition coefficient (Wildman–Crippen LogP) is 0.782. The summed E-state index contributed by atoms with van der Waals surface area (Å²) in [5.74, 6) is -0.392. The molecule has 0 aliphatic carbocycles. The topological polar surface area (TPSA) is 103 Å². The van der Waals surface area contributed by atoms with Gasteiger partial charge in [-0.1, -0.05) is 13.8 Å². The van der Waals surface area contributed by atoms with Crippen LogP contribution in [0.5, 0.6) is 0 Å². The van der Waals surface area contributed by atoms with Crippen molar-refractivity contribution in [2.45, 2.75) is 57.7 Å². The van der Waals surface area contributed by atoms with E-state index in [0.717, 1.165) is 19.6 Å². The van der Waals surface area contributed by atoms with E-state index in [-0.39, 0.29) is 24.8 Å². The largest absolute Gasteiger partial charge is 0.383 e. The highest BCUT2D eigenvalue weighted by molar-refractivity contribution is 6.05. The molecule has 2 fully saturated rings. The molecule has 1 aromatic rings. The molecule has 8 nitrogen and oxygen atoms in total. The van der Waals surface area contributed by atoms with Crippen molar-refractivity contribution in [3.05, 3.63) is 29.1 Å². The van der Waals surface area contributed by atoms with Gasteiger partial charge in [-0.15, -0.1) is 0 Å². The van der Waals surface area contributed by atoms with E-state index in [0.29, 0.717) is 42.1 Å². The van der Waals surface area contributed by atoms with Crippen molar-refractivity contribution in [3.63, 3.8) is 0 Å². The second-order valence-corrected chi connectivity index (χ2v) is 8.82. The van der Waals surface area contributed by atoms with Crippen LogP contribution in [-0.2, 0) is 21.7 Å². The number of carbonyl (C=O) groups excluding carboxylic acids is 3. The molecular weight excluding hydrogens is 372 g/mol. The Morgan fingerprint density at radius 2 is 1.97 bits per heavy atom. The van der Waals surface area contributed by atoms with Gasteiger partial charge in [0.1, 0.15) is 11.6 Å². The Morgan fingerprint density at radius 1 is 1.24 bits per heavy atom. The number of aliphatic hydroxyl groups is 1. The minimum atomic E-state index is -0.992. The Balaban J connectivity index is 1.49. The van der Waals surface area contributed by atoms with Gasteiger partial charge in [0.05, 0.1) is 23.5 Å². The summed E-state index contributed by atoms with van der Waals surface area (Å²) in [7, 11) is 0. The number of likely N-dealkylation sites (tertiary alicyclic amines) is 1. The molecule has 1 aromatic heterocycles. The molecule has 1 unspecified atom stereocenters. The van der Waals surface area contributed by atoms with Crippen LogP contribution < -0.4 is 5.32 Å². The third-order valence-electron chi connectivity index (χ3n) is 6.16. The molecule has 3 aliphatic rings. The zero-order valence-electron chi connectivity index (χ0n) is 17.0. The van der Waals surface area contributed by atoms with Gasteiger partial charge < -0.3 is 14.9 Å². The van der Waals surface area contributed by atoms with Crippen LogP contribution in [0, 0.1) is 5.92 Å². The third-order valence-corrected chi connectivity index (χ3v) is 6.16. The molecule has 0 spiro atoms. The van der Waals surface area contributed by atoms with Crippen LogP contribution in [0.4, 0.5) is 0 Å². The number of fused-ring (bicyclic) bond motifs is 1. The summed E-state index contributed by atoms with van der Waals surface area (Å²) in [6.07, 6.45) is 1.77. The summed E-state index contributed by atoms with van der Waals surface area (Å²) >= 11 is 0. The van der Waals surface area contributed by atoms with E-state index >= 15 is 0 Å². The molecule has 2 N–H and O–H groups in total. The molecule has 0 radical (unpaired) electrons. The monoisotopic (exact) mass is 400 g/mol. The van der Waals surface area contributed by atoms with Crippen molar-refractivity contribution in [2.75, 3.05) is 19.6 Å². The normalized spacial score (nSPS) is 24.8. The van der Waals surface area contributed by atoms with Crippen LogP contribution in [-0.4, -0.2) is 63.3 Å². The van der Waals surface area contributed by atoms with Crippen molar-refractivity contribution >= 4 is 17.7 Å². The number of amides is 3. The predicted molar refractivity (Wildman–Crippen MR) is 105 cm³/mol. The highest BCUT2D eigenvalue weighted by Crippen LogP contribution is 2.34. The van der Waals surface area contributed by atoms with Crippen molar-refractivity contribution in [2.24, 2.45) is 5.92 Å². The molecule has 0 bridgehead atoms. The maximum atomic E-state index is 12.8. The second kappa shape index (κ2) is 7.50. The third kappa shape index (κ3) is 3.79. The molecule has 0 aromatic carbocycles. The summed E-state index contributed by atoms with van der Waals surface area (Å²) in [5, 5.41) is 13.5. The Labute approximate surface area is 170 Å². The molecule has 8 heteroatoms. The number of rotatable bonds is 4. The molecule has 2 saturated heterocycles. The summed E-state index contributed by atoms with van der Waals surface area (Å²) in [6.45, 7) is 7.25. The average molecular weight is 400 g/mol.